The highest BCUT2D eigenvalue weighted by atomic mass is 16.2. The van der Waals surface area contributed by atoms with Crippen molar-refractivity contribution in [1.29, 1.82) is 0 Å². The maximum Gasteiger partial charge on any atom is 0.268 e. The Hall–Kier alpha value is -2.57. The van der Waals surface area contributed by atoms with Crippen molar-refractivity contribution in [2.45, 2.75) is 50.6 Å². The van der Waals surface area contributed by atoms with Crippen LogP contribution in [0, 0.1) is 0 Å². The number of hydrogen-bond acceptors (Lipinski definition) is 3. The van der Waals surface area contributed by atoms with Crippen molar-refractivity contribution in [3.8, 4) is 0 Å². The van der Waals surface area contributed by atoms with Gasteiger partial charge in [0.25, 0.3) is 5.91 Å². The lowest BCUT2D eigenvalue weighted by Gasteiger charge is -2.39. The minimum atomic E-state index is -0.211. The summed E-state index contributed by atoms with van der Waals surface area (Å²) in [5.41, 5.74) is 4.01. The first kappa shape index (κ1) is 16.9. The summed E-state index contributed by atoms with van der Waals surface area (Å²) in [6.07, 6.45) is 7.21. The van der Waals surface area contributed by atoms with Gasteiger partial charge in [0.2, 0.25) is 5.91 Å². The van der Waals surface area contributed by atoms with Crippen LogP contribution >= 0.6 is 0 Å². The number of fused-ring (bicyclic) bond motifs is 1. The number of nitrogens with zero attached hydrogens (tertiary/aromatic N) is 3. The lowest BCUT2D eigenvalue weighted by Crippen LogP contribution is -2.51. The smallest absolute Gasteiger partial charge is 0.268 e. The monoisotopic (exact) mass is 355 g/mol. The maximum atomic E-state index is 12.9. The first-order valence-corrected chi connectivity index (χ1v) is 9.30. The molecule has 3 heterocycles. The van der Waals surface area contributed by atoms with E-state index in [1.165, 1.54) is 24.1 Å². The van der Waals surface area contributed by atoms with Gasteiger partial charge in [-0.2, -0.15) is 5.10 Å². The van der Waals surface area contributed by atoms with E-state index in [0.29, 0.717) is 18.5 Å². The standard InChI is InChI=1S/C19H25N5O2/c1-23-17(25)8-7-14(18(23)16-9-10-20-24(16)2)22-19(26)15-11-12-5-3-4-6-13(12)21-15/h9-11,14,18,21H,3-8H2,1-2H3,(H,22,26)/t14-,18-/m1/s1. The quantitative estimate of drug-likeness (QED) is 0.879. The Bertz CT molecular complexity index is 813. The van der Waals surface area contributed by atoms with Gasteiger partial charge in [0.05, 0.1) is 17.8 Å². The first-order chi connectivity index (χ1) is 12.5. The topological polar surface area (TPSA) is 83.0 Å². The largest absolute Gasteiger partial charge is 0.354 e. The predicted octanol–water partition coefficient (Wildman–Crippen LogP) is 1.72. The molecule has 2 amide bonds. The highest BCUT2D eigenvalue weighted by Crippen LogP contribution is 2.31. The normalized spacial score (nSPS) is 23.0. The van der Waals surface area contributed by atoms with Gasteiger partial charge in [-0.05, 0) is 49.8 Å². The maximum absolute atomic E-state index is 12.9. The van der Waals surface area contributed by atoms with E-state index in [1.807, 2.05) is 19.2 Å². The van der Waals surface area contributed by atoms with E-state index in [1.54, 1.807) is 22.8 Å². The van der Waals surface area contributed by atoms with Crippen LogP contribution in [0.5, 0.6) is 0 Å². The molecule has 1 aliphatic carbocycles. The molecule has 0 bridgehead atoms. The second-order valence-electron chi connectivity index (χ2n) is 7.34. The minimum absolute atomic E-state index is 0.0945. The number of hydrogen-bond donors (Lipinski definition) is 2. The second kappa shape index (κ2) is 6.63. The van der Waals surface area contributed by atoms with Gasteiger partial charge in [-0.3, -0.25) is 14.3 Å². The van der Waals surface area contributed by atoms with Crippen LogP contribution in [0.4, 0.5) is 0 Å². The Morgan fingerprint density at radius 3 is 2.81 bits per heavy atom. The van der Waals surface area contributed by atoms with E-state index in [2.05, 4.69) is 15.4 Å². The van der Waals surface area contributed by atoms with E-state index >= 15 is 0 Å². The highest BCUT2D eigenvalue weighted by Gasteiger charge is 2.37. The van der Waals surface area contributed by atoms with Gasteiger partial charge in [0.1, 0.15) is 5.69 Å². The summed E-state index contributed by atoms with van der Waals surface area (Å²) in [4.78, 5) is 30.1. The number of H-pyrrole nitrogens is 1. The Morgan fingerprint density at radius 2 is 2.08 bits per heavy atom. The molecule has 2 atom stereocenters. The van der Waals surface area contributed by atoms with Crippen LogP contribution in [0.1, 0.15) is 59.2 Å². The zero-order valence-corrected chi connectivity index (χ0v) is 15.3. The van der Waals surface area contributed by atoms with Gasteiger partial charge in [-0.1, -0.05) is 0 Å². The Balaban J connectivity index is 1.57. The minimum Gasteiger partial charge on any atom is -0.354 e. The number of likely N-dealkylation sites (tertiary alicyclic amines) is 1. The SMILES string of the molecule is CN1C(=O)CC[C@@H](NC(=O)c2cc3c([nH]2)CCCC3)[C@@H]1c1ccnn1C. The number of aromatic amines is 1. The fourth-order valence-corrected chi connectivity index (χ4v) is 4.24. The Morgan fingerprint density at radius 1 is 1.27 bits per heavy atom. The van der Waals surface area contributed by atoms with Crippen molar-refractivity contribution in [3.05, 3.63) is 41.0 Å². The molecule has 1 aliphatic heterocycles. The van der Waals surface area contributed by atoms with E-state index in [0.717, 1.165) is 18.5 Å². The highest BCUT2D eigenvalue weighted by molar-refractivity contribution is 5.93. The van der Waals surface area contributed by atoms with Crippen LogP contribution in [0.2, 0.25) is 0 Å². The van der Waals surface area contributed by atoms with Crippen LogP contribution in [-0.2, 0) is 24.7 Å². The number of likely N-dealkylation sites (N-methyl/N-ethyl adjacent to an activating group) is 1. The fraction of sp³-hybridized carbons (Fsp3) is 0.526. The molecule has 0 spiro atoms. The summed E-state index contributed by atoms with van der Waals surface area (Å²) in [6, 6.07) is 3.55. The summed E-state index contributed by atoms with van der Waals surface area (Å²) in [7, 11) is 3.66. The Labute approximate surface area is 152 Å². The molecular formula is C19H25N5O2. The molecule has 1 fully saturated rings. The average Bonchev–Trinajstić information content (AvgIpc) is 3.24. The summed E-state index contributed by atoms with van der Waals surface area (Å²) in [5.74, 6) is -0.00338. The van der Waals surface area contributed by atoms with E-state index in [-0.39, 0.29) is 23.9 Å². The van der Waals surface area contributed by atoms with Crippen molar-refractivity contribution in [3.63, 3.8) is 0 Å². The van der Waals surface area contributed by atoms with Crippen molar-refractivity contribution < 1.29 is 9.59 Å². The second-order valence-corrected chi connectivity index (χ2v) is 7.34. The molecule has 26 heavy (non-hydrogen) atoms. The third kappa shape index (κ3) is 2.91. The number of aromatic nitrogens is 3. The molecule has 2 aromatic heterocycles. The summed E-state index contributed by atoms with van der Waals surface area (Å²) < 4.78 is 1.77. The lowest BCUT2D eigenvalue weighted by molar-refractivity contribution is -0.136. The molecular weight excluding hydrogens is 330 g/mol. The van der Waals surface area contributed by atoms with Crippen molar-refractivity contribution in [2.75, 3.05) is 7.05 Å². The number of aryl methyl sites for hydroxylation is 3. The molecule has 1 saturated heterocycles. The van der Waals surface area contributed by atoms with Gasteiger partial charge in [0.15, 0.2) is 0 Å². The number of piperidine rings is 1. The van der Waals surface area contributed by atoms with Gasteiger partial charge >= 0.3 is 0 Å². The average molecular weight is 355 g/mol. The molecule has 0 radical (unpaired) electrons. The van der Waals surface area contributed by atoms with Crippen molar-refractivity contribution in [1.82, 2.24) is 25.0 Å². The third-order valence-corrected chi connectivity index (χ3v) is 5.70. The zero-order chi connectivity index (χ0) is 18.3. The molecule has 2 aliphatic rings. The van der Waals surface area contributed by atoms with Crippen molar-refractivity contribution in [2.24, 2.45) is 7.05 Å². The summed E-state index contributed by atoms with van der Waals surface area (Å²) in [6.45, 7) is 0. The van der Waals surface area contributed by atoms with Crippen LogP contribution in [0.15, 0.2) is 18.3 Å². The van der Waals surface area contributed by atoms with Gasteiger partial charge in [-0.25, -0.2) is 0 Å². The molecule has 7 heteroatoms. The zero-order valence-electron chi connectivity index (χ0n) is 15.3. The molecule has 0 saturated carbocycles. The van der Waals surface area contributed by atoms with Crippen LogP contribution in [-0.4, -0.2) is 44.6 Å². The first-order valence-electron chi connectivity index (χ1n) is 9.30. The van der Waals surface area contributed by atoms with Crippen LogP contribution in [0.25, 0.3) is 0 Å². The fourth-order valence-electron chi connectivity index (χ4n) is 4.24. The molecule has 4 rings (SSSR count). The van der Waals surface area contributed by atoms with Gasteiger partial charge in [-0.15, -0.1) is 0 Å². The van der Waals surface area contributed by atoms with E-state index in [4.69, 9.17) is 0 Å². The predicted molar refractivity (Wildman–Crippen MR) is 96.6 cm³/mol. The number of carbonyl (C=O) groups is 2. The van der Waals surface area contributed by atoms with E-state index in [9.17, 15) is 9.59 Å². The summed E-state index contributed by atoms with van der Waals surface area (Å²) >= 11 is 0. The molecule has 138 valence electrons. The molecule has 7 nitrogen and oxygen atoms in total. The van der Waals surface area contributed by atoms with Gasteiger partial charge in [0, 0.05) is 32.4 Å². The number of nitrogens with one attached hydrogen (secondary N) is 2. The van der Waals surface area contributed by atoms with Crippen LogP contribution < -0.4 is 5.32 Å². The number of amides is 2. The molecule has 2 N–H and O–H groups in total. The molecule has 0 unspecified atom stereocenters. The van der Waals surface area contributed by atoms with Crippen molar-refractivity contribution >= 4 is 11.8 Å². The molecule has 0 aromatic carbocycles. The molecule has 2 aromatic rings. The summed E-state index contributed by atoms with van der Waals surface area (Å²) in [5, 5.41) is 7.38. The van der Waals surface area contributed by atoms with Gasteiger partial charge < -0.3 is 15.2 Å². The Kier molecular flexibility index (Phi) is 4.30. The third-order valence-electron chi connectivity index (χ3n) is 5.70. The van der Waals surface area contributed by atoms with Crippen LogP contribution in [0.3, 0.4) is 0 Å². The number of rotatable bonds is 3. The number of carbonyl (C=O) groups excluding carboxylic acids is 2. The van der Waals surface area contributed by atoms with E-state index < -0.39 is 0 Å². The lowest BCUT2D eigenvalue weighted by atomic mass is 9.93.